The van der Waals surface area contributed by atoms with Crippen LogP contribution in [0.3, 0.4) is 0 Å². The standard InChI is InChI=1S/C15H22N2O/c1-3-16-6-8-17(9-7-16)14(18)15-5-4-12(2)10-13(15)11-15/h4-5,10,13H,3,6-9,11H2,1-2H3. The first-order valence-corrected chi connectivity index (χ1v) is 7.05. The van der Waals surface area contributed by atoms with E-state index in [2.05, 4.69) is 41.9 Å². The van der Waals surface area contributed by atoms with Crippen LogP contribution < -0.4 is 0 Å². The van der Waals surface area contributed by atoms with Crippen molar-refractivity contribution < 1.29 is 4.79 Å². The highest BCUT2D eigenvalue weighted by Gasteiger charge is 2.59. The molecule has 3 rings (SSSR count). The lowest BCUT2D eigenvalue weighted by Gasteiger charge is -2.36. The average Bonchev–Trinajstić information content (AvgIpc) is 3.12. The largest absolute Gasteiger partial charge is 0.339 e. The number of allylic oxidation sites excluding steroid dienone is 3. The lowest BCUT2D eigenvalue weighted by atomic mass is 9.94. The van der Waals surface area contributed by atoms with Crippen molar-refractivity contribution in [3.63, 3.8) is 0 Å². The molecule has 1 amide bonds. The van der Waals surface area contributed by atoms with Crippen LogP contribution in [0.2, 0.25) is 0 Å². The second-order valence-corrected chi connectivity index (χ2v) is 5.82. The van der Waals surface area contributed by atoms with Crippen LogP contribution in [0.4, 0.5) is 0 Å². The normalized spacial score (nSPS) is 35.1. The second kappa shape index (κ2) is 4.23. The molecule has 0 radical (unpaired) electrons. The molecule has 0 spiro atoms. The van der Waals surface area contributed by atoms with Gasteiger partial charge in [-0.15, -0.1) is 0 Å². The molecule has 18 heavy (non-hydrogen) atoms. The fourth-order valence-electron chi connectivity index (χ4n) is 3.24. The van der Waals surface area contributed by atoms with Crippen molar-refractivity contribution in [1.29, 1.82) is 0 Å². The van der Waals surface area contributed by atoms with Gasteiger partial charge in [-0.05, 0) is 25.8 Å². The minimum Gasteiger partial charge on any atom is -0.339 e. The molecule has 1 saturated heterocycles. The molecule has 2 fully saturated rings. The number of likely N-dealkylation sites (N-methyl/N-ethyl adjacent to an activating group) is 1. The molecule has 2 unspecified atom stereocenters. The summed E-state index contributed by atoms with van der Waals surface area (Å²) in [7, 11) is 0. The Kier molecular flexibility index (Phi) is 2.81. The zero-order valence-corrected chi connectivity index (χ0v) is 11.4. The van der Waals surface area contributed by atoms with Crippen molar-refractivity contribution in [2.75, 3.05) is 32.7 Å². The Hall–Kier alpha value is -1.09. The molecule has 0 bridgehead atoms. The summed E-state index contributed by atoms with van der Waals surface area (Å²) in [4.78, 5) is 17.1. The molecule has 2 atom stereocenters. The van der Waals surface area contributed by atoms with Gasteiger partial charge in [0.05, 0.1) is 5.41 Å². The van der Waals surface area contributed by atoms with Crippen LogP contribution in [0.1, 0.15) is 20.3 Å². The van der Waals surface area contributed by atoms with E-state index >= 15 is 0 Å². The van der Waals surface area contributed by atoms with Crippen LogP contribution in [0.5, 0.6) is 0 Å². The lowest BCUT2D eigenvalue weighted by molar-refractivity contribution is -0.137. The van der Waals surface area contributed by atoms with Crippen LogP contribution in [0.25, 0.3) is 0 Å². The monoisotopic (exact) mass is 246 g/mol. The molecule has 0 aromatic rings. The van der Waals surface area contributed by atoms with Crippen LogP contribution >= 0.6 is 0 Å². The molecular weight excluding hydrogens is 224 g/mol. The molecule has 0 N–H and O–H groups in total. The summed E-state index contributed by atoms with van der Waals surface area (Å²) in [5, 5.41) is 0. The summed E-state index contributed by atoms with van der Waals surface area (Å²) in [6, 6.07) is 0. The van der Waals surface area contributed by atoms with E-state index in [1.807, 2.05) is 0 Å². The van der Waals surface area contributed by atoms with E-state index in [0.717, 1.165) is 39.1 Å². The molecule has 1 saturated carbocycles. The number of carbonyl (C=O) groups is 1. The minimum absolute atomic E-state index is 0.159. The van der Waals surface area contributed by atoms with Gasteiger partial charge in [0.2, 0.25) is 5.91 Å². The first-order valence-electron chi connectivity index (χ1n) is 7.05. The van der Waals surface area contributed by atoms with Gasteiger partial charge in [-0.25, -0.2) is 0 Å². The Morgan fingerprint density at radius 2 is 2.11 bits per heavy atom. The number of amides is 1. The quantitative estimate of drug-likeness (QED) is 0.740. The third kappa shape index (κ3) is 1.81. The van der Waals surface area contributed by atoms with Gasteiger partial charge < -0.3 is 9.80 Å². The Labute approximate surface area is 109 Å². The maximum absolute atomic E-state index is 12.6. The number of rotatable bonds is 2. The zero-order chi connectivity index (χ0) is 12.8. The lowest BCUT2D eigenvalue weighted by Crippen LogP contribution is -2.50. The third-order valence-corrected chi connectivity index (χ3v) is 4.67. The Balaban J connectivity index is 1.66. The van der Waals surface area contributed by atoms with Crippen molar-refractivity contribution in [2.24, 2.45) is 11.3 Å². The van der Waals surface area contributed by atoms with Gasteiger partial charge in [0.25, 0.3) is 0 Å². The topological polar surface area (TPSA) is 23.6 Å². The van der Waals surface area contributed by atoms with Gasteiger partial charge in [-0.3, -0.25) is 4.79 Å². The van der Waals surface area contributed by atoms with E-state index in [0.29, 0.717) is 11.8 Å². The summed E-state index contributed by atoms with van der Waals surface area (Å²) in [6.45, 7) is 9.25. The van der Waals surface area contributed by atoms with Gasteiger partial charge in [-0.2, -0.15) is 0 Å². The highest BCUT2D eigenvalue weighted by molar-refractivity contribution is 5.89. The maximum Gasteiger partial charge on any atom is 0.233 e. The van der Waals surface area contributed by atoms with E-state index in [9.17, 15) is 4.79 Å². The number of nitrogens with zero attached hydrogens (tertiary/aromatic N) is 2. The Morgan fingerprint density at radius 1 is 1.39 bits per heavy atom. The Morgan fingerprint density at radius 3 is 2.72 bits per heavy atom. The molecule has 3 aliphatic rings. The number of piperazine rings is 1. The summed E-state index contributed by atoms with van der Waals surface area (Å²) >= 11 is 0. The number of carbonyl (C=O) groups excluding carboxylic acids is 1. The van der Waals surface area contributed by atoms with Crippen molar-refractivity contribution in [1.82, 2.24) is 9.80 Å². The molecule has 3 heteroatoms. The van der Waals surface area contributed by atoms with Gasteiger partial charge in [0, 0.05) is 26.2 Å². The Bertz CT molecular complexity index is 418. The first kappa shape index (κ1) is 12.0. The highest BCUT2D eigenvalue weighted by Crippen LogP contribution is 2.58. The summed E-state index contributed by atoms with van der Waals surface area (Å²) in [6.07, 6.45) is 7.55. The van der Waals surface area contributed by atoms with Gasteiger partial charge >= 0.3 is 0 Å². The van der Waals surface area contributed by atoms with E-state index in [-0.39, 0.29) is 5.41 Å². The summed E-state index contributed by atoms with van der Waals surface area (Å²) in [5.41, 5.74) is 1.14. The van der Waals surface area contributed by atoms with E-state index in [4.69, 9.17) is 0 Å². The number of hydrogen-bond acceptors (Lipinski definition) is 2. The van der Waals surface area contributed by atoms with Crippen molar-refractivity contribution in [3.8, 4) is 0 Å². The number of hydrogen-bond donors (Lipinski definition) is 0. The first-order chi connectivity index (χ1) is 8.65. The van der Waals surface area contributed by atoms with Gasteiger partial charge in [-0.1, -0.05) is 30.7 Å². The SMILES string of the molecule is CCN1CCN(C(=O)C23C=CC(C)=CC2C3)CC1. The molecule has 98 valence electrons. The van der Waals surface area contributed by atoms with Crippen LogP contribution in [-0.2, 0) is 4.79 Å². The van der Waals surface area contributed by atoms with E-state index in [1.54, 1.807) is 0 Å². The smallest absolute Gasteiger partial charge is 0.233 e. The predicted molar refractivity (Wildman–Crippen MR) is 72.1 cm³/mol. The van der Waals surface area contributed by atoms with Crippen molar-refractivity contribution >= 4 is 5.91 Å². The van der Waals surface area contributed by atoms with E-state index in [1.165, 1.54) is 5.57 Å². The second-order valence-electron chi connectivity index (χ2n) is 5.82. The molecular formula is C15H22N2O. The summed E-state index contributed by atoms with van der Waals surface area (Å²) in [5.74, 6) is 0.836. The van der Waals surface area contributed by atoms with Crippen LogP contribution in [0.15, 0.2) is 23.8 Å². The highest BCUT2D eigenvalue weighted by atomic mass is 16.2. The van der Waals surface area contributed by atoms with Gasteiger partial charge in [0.15, 0.2) is 0 Å². The van der Waals surface area contributed by atoms with Crippen LogP contribution in [0, 0.1) is 11.3 Å². The van der Waals surface area contributed by atoms with Gasteiger partial charge in [0.1, 0.15) is 0 Å². The molecule has 2 aliphatic carbocycles. The predicted octanol–water partition coefficient (Wildman–Crippen LogP) is 1.67. The summed E-state index contributed by atoms with van der Waals surface area (Å²) < 4.78 is 0. The van der Waals surface area contributed by atoms with Crippen molar-refractivity contribution in [3.05, 3.63) is 23.8 Å². The van der Waals surface area contributed by atoms with Crippen molar-refractivity contribution in [2.45, 2.75) is 20.3 Å². The van der Waals surface area contributed by atoms with Crippen LogP contribution in [-0.4, -0.2) is 48.4 Å². The molecule has 1 heterocycles. The number of fused-ring (bicyclic) bond motifs is 1. The molecule has 1 aliphatic heterocycles. The maximum atomic E-state index is 12.6. The molecule has 0 aromatic carbocycles. The molecule has 0 aromatic heterocycles. The fourth-order valence-corrected chi connectivity index (χ4v) is 3.24. The zero-order valence-electron chi connectivity index (χ0n) is 11.4. The average molecular weight is 246 g/mol. The minimum atomic E-state index is -0.159. The fraction of sp³-hybridized carbons (Fsp3) is 0.667. The molecule has 3 nitrogen and oxygen atoms in total. The third-order valence-electron chi connectivity index (χ3n) is 4.67. The van der Waals surface area contributed by atoms with E-state index < -0.39 is 0 Å².